The maximum Gasteiger partial charge on any atom is 0.242 e. The third kappa shape index (κ3) is 2.70. The number of amides is 1. The fourth-order valence-corrected chi connectivity index (χ4v) is 2.48. The molecule has 1 aliphatic heterocycles. The van der Waals surface area contributed by atoms with Gasteiger partial charge in [-0.2, -0.15) is 0 Å². The summed E-state index contributed by atoms with van der Waals surface area (Å²) < 4.78 is 13.1. The van der Waals surface area contributed by atoms with E-state index in [1.165, 1.54) is 12.1 Å². The first kappa shape index (κ1) is 13.0. The van der Waals surface area contributed by atoms with Crippen molar-refractivity contribution >= 4 is 5.91 Å². The van der Waals surface area contributed by atoms with Crippen molar-refractivity contribution in [3.8, 4) is 0 Å². The molecule has 1 N–H and O–H groups in total. The molecule has 0 aromatic heterocycles. The number of benzene rings is 1. The van der Waals surface area contributed by atoms with Gasteiger partial charge in [0.1, 0.15) is 5.82 Å². The minimum atomic E-state index is -0.456. The molecule has 1 heterocycles. The zero-order valence-electron chi connectivity index (χ0n) is 10.9. The van der Waals surface area contributed by atoms with Crippen LogP contribution < -0.4 is 5.32 Å². The number of halogens is 1. The maximum absolute atomic E-state index is 13.1. The summed E-state index contributed by atoms with van der Waals surface area (Å²) >= 11 is 0. The van der Waals surface area contributed by atoms with E-state index >= 15 is 0 Å². The Kier molecular flexibility index (Phi) is 3.66. The minimum absolute atomic E-state index is 0.0734. The molecular weight excluding hydrogens is 231 g/mol. The van der Waals surface area contributed by atoms with Crippen LogP contribution in [0.3, 0.4) is 0 Å². The van der Waals surface area contributed by atoms with Gasteiger partial charge in [-0.3, -0.25) is 4.79 Å². The van der Waals surface area contributed by atoms with Crippen molar-refractivity contribution in [2.45, 2.75) is 31.8 Å². The molecule has 0 aliphatic carbocycles. The Hall–Kier alpha value is -1.42. The van der Waals surface area contributed by atoms with E-state index in [4.69, 9.17) is 0 Å². The standard InChI is InChI=1S/C14H19FN2O/c1-14(7-4-8-16-14)13(18)17(2)10-11-5-3-6-12(15)9-11/h3,5-6,9,16H,4,7-8,10H2,1-2H3. The second kappa shape index (κ2) is 5.06. The molecule has 0 spiro atoms. The number of hydrogen-bond donors (Lipinski definition) is 1. The fourth-order valence-electron chi connectivity index (χ4n) is 2.48. The van der Waals surface area contributed by atoms with Crippen LogP contribution in [0.15, 0.2) is 24.3 Å². The van der Waals surface area contributed by atoms with Gasteiger partial charge in [-0.05, 0) is 44.0 Å². The van der Waals surface area contributed by atoms with E-state index in [-0.39, 0.29) is 11.7 Å². The molecule has 0 radical (unpaired) electrons. The van der Waals surface area contributed by atoms with Crippen molar-refractivity contribution < 1.29 is 9.18 Å². The first-order chi connectivity index (χ1) is 8.51. The summed E-state index contributed by atoms with van der Waals surface area (Å²) in [5.41, 5.74) is 0.356. The number of likely N-dealkylation sites (N-methyl/N-ethyl adjacent to an activating group) is 1. The van der Waals surface area contributed by atoms with Gasteiger partial charge in [-0.15, -0.1) is 0 Å². The molecule has 1 amide bonds. The van der Waals surface area contributed by atoms with E-state index in [0.29, 0.717) is 6.54 Å². The average Bonchev–Trinajstić information content (AvgIpc) is 2.76. The van der Waals surface area contributed by atoms with Crippen LogP contribution in [-0.4, -0.2) is 29.9 Å². The second-order valence-corrected chi connectivity index (χ2v) is 5.15. The summed E-state index contributed by atoms with van der Waals surface area (Å²) in [6, 6.07) is 6.37. The van der Waals surface area contributed by atoms with Crippen LogP contribution in [0.4, 0.5) is 4.39 Å². The quantitative estimate of drug-likeness (QED) is 0.889. The SMILES string of the molecule is CN(Cc1cccc(F)c1)C(=O)C1(C)CCCN1. The van der Waals surface area contributed by atoms with Crippen molar-refractivity contribution in [3.63, 3.8) is 0 Å². The Balaban J connectivity index is 2.03. The minimum Gasteiger partial charge on any atom is -0.340 e. The number of rotatable bonds is 3. The molecule has 0 bridgehead atoms. The van der Waals surface area contributed by atoms with E-state index in [1.54, 1.807) is 18.0 Å². The number of carbonyl (C=O) groups excluding carboxylic acids is 1. The van der Waals surface area contributed by atoms with Gasteiger partial charge in [-0.25, -0.2) is 4.39 Å². The Bertz CT molecular complexity index is 441. The summed E-state index contributed by atoms with van der Waals surface area (Å²) in [5.74, 6) is -0.192. The van der Waals surface area contributed by atoms with Gasteiger partial charge in [0.25, 0.3) is 0 Å². The van der Waals surface area contributed by atoms with Crippen molar-refractivity contribution in [1.29, 1.82) is 0 Å². The van der Waals surface area contributed by atoms with E-state index in [0.717, 1.165) is 24.9 Å². The summed E-state index contributed by atoms with van der Waals surface area (Å²) in [6.07, 6.45) is 1.88. The normalized spacial score (nSPS) is 23.1. The zero-order chi connectivity index (χ0) is 13.2. The lowest BCUT2D eigenvalue weighted by Gasteiger charge is -2.29. The first-order valence-electron chi connectivity index (χ1n) is 6.26. The Morgan fingerprint density at radius 3 is 2.94 bits per heavy atom. The third-order valence-electron chi connectivity index (χ3n) is 3.50. The van der Waals surface area contributed by atoms with Crippen LogP contribution in [-0.2, 0) is 11.3 Å². The van der Waals surface area contributed by atoms with Crippen molar-refractivity contribution in [2.75, 3.05) is 13.6 Å². The number of nitrogens with zero attached hydrogens (tertiary/aromatic N) is 1. The molecule has 3 nitrogen and oxygen atoms in total. The van der Waals surface area contributed by atoms with Crippen LogP contribution in [0.5, 0.6) is 0 Å². The molecule has 2 rings (SSSR count). The van der Waals surface area contributed by atoms with Crippen LogP contribution in [0.2, 0.25) is 0 Å². The largest absolute Gasteiger partial charge is 0.340 e. The number of nitrogens with one attached hydrogen (secondary N) is 1. The second-order valence-electron chi connectivity index (χ2n) is 5.15. The third-order valence-corrected chi connectivity index (χ3v) is 3.50. The Morgan fingerprint density at radius 2 is 2.33 bits per heavy atom. The monoisotopic (exact) mass is 250 g/mol. The smallest absolute Gasteiger partial charge is 0.242 e. The molecule has 1 aromatic rings. The average molecular weight is 250 g/mol. The first-order valence-corrected chi connectivity index (χ1v) is 6.26. The summed E-state index contributed by atoms with van der Waals surface area (Å²) in [5, 5.41) is 3.25. The van der Waals surface area contributed by atoms with Gasteiger partial charge >= 0.3 is 0 Å². The van der Waals surface area contributed by atoms with Gasteiger partial charge in [-0.1, -0.05) is 12.1 Å². The van der Waals surface area contributed by atoms with Crippen molar-refractivity contribution in [2.24, 2.45) is 0 Å². The molecular formula is C14H19FN2O. The lowest BCUT2D eigenvalue weighted by molar-refractivity contribution is -0.136. The van der Waals surface area contributed by atoms with Crippen molar-refractivity contribution in [1.82, 2.24) is 10.2 Å². The van der Waals surface area contributed by atoms with Gasteiger partial charge in [0.2, 0.25) is 5.91 Å². The summed E-state index contributed by atoms with van der Waals surface area (Å²) in [4.78, 5) is 14.0. The van der Waals surface area contributed by atoms with Crippen LogP contribution >= 0.6 is 0 Å². The van der Waals surface area contributed by atoms with Crippen LogP contribution in [0, 0.1) is 5.82 Å². The predicted molar refractivity (Wildman–Crippen MR) is 68.5 cm³/mol. The van der Waals surface area contributed by atoms with Crippen LogP contribution in [0.25, 0.3) is 0 Å². The molecule has 0 saturated carbocycles. The van der Waals surface area contributed by atoms with Crippen LogP contribution in [0.1, 0.15) is 25.3 Å². The van der Waals surface area contributed by atoms with Gasteiger partial charge in [0.05, 0.1) is 5.54 Å². The molecule has 18 heavy (non-hydrogen) atoms. The fraction of sp³-hybridized carbons (Fsp3) is 0.500. The topological polar surface area (TPSA) is 32.3 Å². The summed E-state index contributed by atoms with van der Waals surface area (Å²) in [7, 11) is 1.76. The molecule has 1 aliphatic rings. The van der Waals surface area contributed by atoms with E-state index in [1.807, 2.05) is 13.0 Å². The molecule has 1 unspecified atom stereocenters. The predicted octanol–water partition coefficient (Wildman–Crippen LogP) is 1.93. The zero-order valence-corrected chi connectivity index (χ0v) is 10.9. The maximum atomic E-state index is 13.1. The lowest BCUT2D eigenvalue weighted by Crippen LogP contribution is -2.51. The molecule has 4 heteroatoms. The summed E-state index contributed by atoms with van der Waals surface area (Å²) in [6.45, 7) is 3.26. The highest BCUT2D eigenvalue weighted by Crippen LogP contribution is 2.21. The highest BCUT2D eigenvalue weighted by Gasteiger charge is 2.37. The number of carbonyl (C=O) groups is 1. The Labute approximate surface area is 107 Å². The van der Waals surface area contributed by atoms with Crippen molar-refractivity contribution in [3.05, 3.63) is 35.6 Å². The lowest BCUT2D eigenvalue weighted by atomic mass is 9.98. The van der Waals surface area contributed by atoms with E-state index in [9.17, 15) is 9.18 Å². The Morgan fingerprint density at radius 1 is 1.56 bits per heavy atom. The molecule has 1 atom stereocenters. The van der Waals surface area contributed by atoms with E-state index in [2.05, 4.69) is 5.32 Å². The number of hydrogen-bond acceptors (Lipinski definition) is 2. The van der Waals surface area contributed by atoms with Gasteiger partial charge < -0.3 is 10.2 Å². The van der Waals surface area contributed by atoms with Gasteiger partial charge in [0.15, 0.2) is 0 Å². The molecule has 1 saturated heterocycles. The molecule has 98 valence electrons. The van der Waals surface area contributed by atoms with E-state index < -0.39 is 5.54 Å². The highest BCUT2D eigenvalue weighted by molar-refractivity contribution is 5.86. The van der Waals surface area contributed by atoms with Gasteiger partial charge in [0, 0.05) is 13.6 Å². The molecule has 1 fully saturated rings. The molecule has 1 aromatic carbocycles. The highest BCUT2D eigenvalue weighted by atomic mass is 19.1.